The fourth-order valence-electron chi connectivity index (χ4n) is 1.64. The van der Waals surface area contributed by atoms with Gasteiger partial charge in [0.2, 0.25) is 0 Å². The molecule has 0 radical (unpaired) electrons. The van der Waals surface area contributed by atoms with Crippen molar-refractivity contribution in [1.29, 1.82) is 0 Å². The van der Waals surface area contributed by atoms with E-state index >= 15 is 0 Å². The minimum absolute atomic E-state index is 0.142. The standard InChI is InChI=1S/C10H14N2O3/c1-14-8-5-11-12(6-8)7-10(3-4-10)9(13)15-2/h5-6H,3-4,7H2,1-2H3. The number of hydrogen-bond acceptors (Lipinski definition) is 4. The molecule has 15 heavy (non-hydrogen) atoms. The number of methoxy groups -OCH3 is 2. The van der Waals surface area contributed by atoms with Gasteiger partial charge in [0.05, 0.1) is 38.6 Å². The third kappa shape index (κ3) is 1.82. The van der Waals surface area contributed by atoms with Gasteiger partial charge in [0, 0.05) is 0 Å². The Morgan fingerprint density at radius 3 is 2.80 bits per heavy atom. The highest BCUT2D eigenvalue weighted by atomic mass is 16.5. The van der Waals surface area contributed by atoms with Crippen LogP contribution in [0.25, 0.3) is 0 Å². The van der Waals surface area contributed by atoms with Crippen molar-refractivity contribution in [2.75, 3.05) is 14.2 Å². The maximum atomic E-state index is 11.5. The van der Waals surface area contributed by atoms with Gasteiger partial charge in [-0.15, -0.1) is 0 Å². The highest BCUT2D eigenvalue weighted by Gasteiger charge is 2.51. The molecule has 1 saturated carbocycles. The van der Waals surface area contributed by atoms with Crippen molar-refractivity contribution in [3.63, 3.8) is 0 Å². The predicted octanol–water partition coefficient (Wildman–Crippen LogP) is 0.845. The van der Waals surface area contributed by atoms with Gasteiger partial charge in [-0.25, -0.2) is 0 Å². The van der Waals surface area contributed by atoms with Crippen LogP contribution in [0.5, 0.6) is 5.75 Å². The highest BCUT2D eigenvalue weighted by Crippen LogP contribution is 2.48. The molecule has 2 rings (SSSR count). The molecule has 0 amide bonds. The number of aromatic nitrogens is 2. The molecule has 0 spiro atoms. The Morgan fingerprint density at radius 1 is 1.60 bits per heavy atom. The van der Waals surface area contributed by atoms with Crippen molar-refractivity contribution >= 4 is 5.97 Å². The van der Waals surface area contributed by atoms with Crippen LogP contribution in [0.2, 0.25) is 0 Å². The fraction of sp³-hybridized carbons (Fsp3) is 0.600. The number of hydrogen-bond donors (Lipinski definition) is 0. The zero-order valence-electron chi connectivity index (χ0n) is 8.90. The maximum Gasteiger partial charge on any atom is 0.313 e. The lowest BCUT2D eigenvalue weighted by Gasteiger charge is -2.11. The second kappa shape index (κ2) is 3.56. The van der Waals surface area contributed by atoms with Gasteiger partial charge in [0.15, 0.2) is 5.75 Å². The van der Waals surface area contributed by atoms with Crippen LogP contribution in [0.15, 0.2) is 12.4 Å². The van der Waals surface area contributed by atoms with Crippen LogP contribution in [-0.2, 0) is 16.1 Å². The number of ether oxygens (including phenoxy) is 2. The molecule has 0 aromatic carbocycles. The minimum atomic E-state index is -0.341. The lowest BCUT2D eigenvalue weighted by molar-refractivity contribution is -0.147. The van der Waals surface area contributed by atoms with Gasteiger partial charge < -0.3 is 9.47 Å². The molecule has 82 valence electrons. The van der Waals surface area contributed by atoms with E-state index in [0.717, 1.165) is 12.8 Å². The zero-order valence-corrected chi connectivity index (χ0v) is 8.90. The van der Waals surface area contributed by atoms with Crippen molar-refractivity contribution in [2.45, 2.75) is 19.4 Å². The molecule has 0 aliphatic heterocycles. The molecule has 0 unspecified atom stereocenters. The molecule has 1 fully saturated rings. The summed E-state index contributed by atoms with van der Waals surface area (Å²) < 4.78 is 11.5. The Morgan fingerprint density at radius 2 is 2.33 bits per heavy atom. The number of rotatable bonds is 4. The third-order valence-electron chi connectivity index (χ3n) is 2.78. The molecule has 1 heterocycles. The molecule has 5 heteroatoms. The van der Waals surface area contributed by atoms with Crippen LogP contribution in [0.4, 0.5) is 0 Å². The van der Waals surface area contributed by atoms with Gasteiger partial charge >= 0.3 is 5.97 Å². The Bertz CT molecular complexity index is 368. The first kappa shape index (κ1) is 10.0. The number of esters is 1. The summed E-state index contributed by atoms with van der Waals surface area (Å²) in [6.45, 7) is 0.572. The molecular formula is C10H14N2O3. The predicted molar refractivity (Wildman–Crippen MR) is 52.5 cm³/mol. The lowest BCUT2D eigenvalue weighted by atomic mass is 10.1. The summed E-state index contributed by atoms with van der Waals surface area (Å²) in [5.41, 5.74) is -0.341. The van der Waals surface area contributed by atoms with E-state index < -0.39 is 0 Å². The van der Waals surface area contributed by atoms with Gasteiger partial charge in [-0.2, -0.15) is 5.10 Å². The van der Waals surface area contributed by atoms with E-state index in [-0.39, 0.29) is 11.4 Å². The number of carbonyl (C=O) groups is 1. The van der Waals surface area contributed by atoms with E-state index in [1.807, 2.05) is 0 Å². The fourth-order valence-corrected chi connectivity index (χ4v) is 1.64. The minimum Gasteiger partial charge on any atom is -0.493 e. The molecule has 0 atom stereocenters. The largest absolute Gasteiger partial charge is 0.493 e. The van der Waals surface area contributed by atoms with Crippen molar-refractivity contribution < 1.29 is 14.3 Å². The van der Waals surface area contributed by atoms with E-state index in [4.69, 9.17) is 9.47 Å². The van der Waals surface area contributed by atoms with Gasteiger partial charge in [-0.05, 0) is 12.8 Å². The average molecular weight is 210 g/mol. The summed E-state index contributed by atoms with van der Waals surface area (Å²) in [4.78, 5) is 11.5. The molecule has 1 aliphatic carbocycles. The Labute approximate surface area is 88.0 Å². The van der Waals surface area contributed by atoms with Crippen molar-refractivity contribution in [1.82, 2.24) is 9.78 Å². The SMILES string of the molecule is COC(=O)C1(Cn2cc(OC)cn2)CC1. The quantitative estimate of drug-likeness (QED) is 0.691. The topological polar surface area (TPSA) is 53.4 Å². The first-order valence-corrected chi connectivity index (χ1v) is 4.85. The van der Waals surface area contributed by atoms with Gasteiger partial charge in [0.1, 0.15) is 0 Å². The molecule has 5 nitrogen and oxygen atoms in total. The van der Waals surface area contributed by atoms with E-state index in [0.29, 0.717) is 12.3 Å². The van der Waals surface area contributed by atoms with Crippen molar-refractivity contribution in [2.24, 2.45) is 5.41 Å². The maximum absolute atomic E-state index is 11.5. The summed E-state index contributed by atoms with van der Waals surface area (Å²) in [5, 5.41) is 4.11. The summed E-state index contributed by atoms with van der Waals surface area (Å²) in [6, 6.07) is 0. The van der Waals surface area contributed by atoms with E-state index in [1.54, 1.807) is 24.2 Å². The van der Waals surface area contributed by atoms with Crippen molar-refractivity contribution in [3.8, 4) is 5.75 Å². The second-order valence-electron chi connectivity index (χ2n) is 3.85. The molecule has 0 saturated heterocycles. The smallest absolute Gasteiger partial charge is 0.313 e. The third-order valence-corrected chi connectivity index (χ3v) is 2.78. The monoisotopic (exact) mass is 210 g/mol. The average Bonchev–Trinajstić information content (AvgIpc) is 2.89. The van der Waals surface area contributed by atoms with Gasteiger partial charge in [-0.3, -0.25) is 9.48 Å². The van der Waals surface area contributed by atoms with Crippen LogP contribution >= 0.6 is 0 Å². The molecule has 1 aliphatic rings. The van der Waals surface area contributed by atoms with Crippen molar-refractivity contribution in [3.05, 3.63) is 12.4 Å². The van der Waals surface area contributed by atoms with Crippen LogP contribution in [0.1, 0.15) is 12.8 Å². The summed E-state index contributed by atoms with van der Waals surface area (Å²) in [7, 11) is 3.01. The van der Waals surface area contributed by atoms with Crippen LogP contribution in [0.3, 0.4) is 0 Å². The van der Waals surface area contributed by atoms with Crippen LogP contribution in [-0.4, -0.2) is 30.0 Å². The first-order chi connectivity index (χ1) is 7.20. The molecule has 0 N–H and O–H groups in total. The summed E-state index contributed by atoms with van der Waals surface area (Å²) in [5.74, 6) is 0.563. The number of nitrogens with zero attached hydrogens (tertiary/aromatic N) is 2. The Kier molecular flexibility index (Phi) is 2.38. The molecule has 1 aromatic rings. The number of carbonyl (C=O) groups excluding carboxylic acids is 1. The van der Waals surface area contributed by atoms with Crippen LogP contribution in [0, 0.1) is 5.41 Å². The Hall–Kier alpha value is -1.52. The van der Waals surface area contributed by atoms with Gasteiger partial charge in [0.25, 0.3) is 0 Å². The molecule has 0 bridgehead atoms. The molecular weight excluding hydrogens is 196 g/mol. The first-order valence-electron chi connectivity index (χ1n) is 4.85. The van der Waals surface area contributed by atoms with E-state index in [1.165, 1.54) is 7.11 Å². The van der Waals surface area contributed by atoms with Crippen LogP contribution < -0.4 is 4.74 Å². The summed E-state index contributed by atoms with van der Waals surface area (Å²) >= 11 is 0. The molecule has 1 aromatic heterocycles. The van der Waals surface area contributed by atoms with Gasteiger partial charge in [-0.1, -0.05) is 0 Å². The highest BCUT2D eigenvalue weighted by molar-refractivity contribution is 5.79. The normalized spacial score (nSPS) is 17.2. The zero-order chi connectivity index (χ0) is 10.9. The lowest BCUT2D eigenvalue weighted by Crippen LogP contribution is -2.23. The Balaban J connectivity index is 2.05. The van der Waals surface area contributed by atoms with E-state index in [9.17, 15) is 4.79 Å². The summed E-state index contributed by atoms with van der Waals surface area (Å²) in [6.07, 6.45) is 5.17. The van der Waals surface area contributed by atoms with E-state index in [2.05, 4.69) is 5.10 Å². The second-order valence-corrected chi connectivity index (χ2v) is 3.85.